The van der Waals surface area contributed by atoms with Crippen molar-refractivity contribution in [1.82, 2.24) is 9.80 Å². The van der Waals surface area contributed by atoms with Gasteiger partial charge in [0.15, 0.2) is 11.5 Å². The molecule has 0 radical (unpaired) electrons. The fraction of sp³-hybridized carbons (Fsp3) is 0.632. The first-order valence-electron chi connectivity index (χ1n) is 9.08. The first-order valence-corrected chi connectivity index (χ1v) is 9.08. The fourth-order valence-electron chi connectivity index (χ4n) is 3.79. The summed E-state index contributed by atoms with van der Waals surface area (Å²) in [6.07, 6.45) is 0. The van der Waals surface area contributed by atoms with Gasteiger partial charge in [-0.1, -0.05) is 6.07 Å². The molecule has 2 saturated heterocycles. The van der Waals surface area contributed by atoms with E-state index in [4.69, 9.17) is 19.3 Å². The van der Waals surface area contributed by atoms with E-state index in [0.717, 1.165) is 43.2 Å². The summed E-state index contributed by atoms with van der Waals surface area (Å²) >= 11 is 0. The van der Waals surface area contributed by atoms with Gasteiger partial charge in [0.25, 0.3) is 0 Å². The van der Waals surface area contributed by atoms with Crippen LogP contribution in [0.3, 0.4) is 0 Å². The topological polar surface area (TPSA) is 71.5 Å². The van der Waals surface area contributed by atoms with Gasteiger partial charge in [0.05, 0.1) is 26.9 Å². The Hall–Kier alpha value is -1.83. The van der Waals surface area contributed by atoms with Crippen molar-refractivity contribution in [2.75, 3.05) is 59.7 Å². The van der Waals surface area contributed by atoms with Gasteiger partial charge in [-0.15, -0.1) is 0 Å². The van der Waals surface area contributed by atoms with E-state index in [9.17, 15) is 4.79 Å². The molecule has 3 rings (SSSR count). The van der Waals surface area contributed by atoms with Crippen molar-refractivity contribution in [2.45, 2.75) is 13.0 Å². The maximum Gasteiger partial charge on any atom is 0.317 e. The predicted octanol–water partition coefficient (Wildman–Crippen LogP) is 1.10. The largest absolute Gasteiger partial charge is 0.493 e. The molecule has 144 valence electrons. The molecule has 1 aromatic carbocycles. The van der Waals surface area contributed by atoms with E-state index in [1.165, 1.54) is 0 Å². The van der Waals surface area contributed by atoms with E-state index in [0.29, 0.717) is 25.7 Å². The Bertz CT molecular complexity index is 624. The van der Waals surface area contributed by atoms with E-state index < -0.39 is 5.97 Å². The Morgan fingerprint density at radius 2 is 2.12 bits per heavy atom. The summed E-state index contributed by atoms with van der Waals surface area (Å²) in [4.78, 5) is 15.5. The molecule has 7 heteroatoms. The number of aryl methyl sites for hydroxylation is 1. The number of fused-ring (bicyclic) bond motifs is 3. The number of benzene rings is 1. The van der Waals surface area contributed by atoms with Crippen LogP contribution in [0.25, 0.3) is 0 Å². The van der Waals surface area contributed by atoms with Crippen LogP contribution in [0.4, 0.5) is 0 Å². The maximum atomic E-state index is 11.1. The van der Waals surface area contributed by atoms with Gasteiger partial charge in [-0.25, -0.2) is 0 Å². The highest BCUT2D eigenvalue weighted by molar-refractivity contribution is 5.69. The van der Waals surface area contributed by atoms with Crippen LogP contribution in [0.1, 0.15) is 5.56 Å². The average molecular weight is 364 g/mol. The van der Waals surface area contributed by atoms with Crippen LogP contribution in [0.5, 0.6) is 11.5 Å². The van der Waals surface area contributed by atoms with E-state index in [2.05, 4.69) is 4.90 Å². The number of aliphatic carboxylic acids is 1. The molecule has 2 aliphatic rings. The summed E-state index contributed by atoms with van der Waals surface area (Å²) in [7, 11) is 1.65. The quantitative estimate of drug-likeness (QED) is 0.777. The molecule has 2 heterocycles. The monoisotopic (exact) mass is 364 g/mol. The summed E-state index contributed by atoms with van der Waals surface area (Å²) < 4.78 is 17.1. The first kappa shape index (κ1) is 18.9. The molecule has 0 amide bonds. The van der Waals surface area contributed by atoms with Crippen molar-refractivity contribution in [3.8, 4) is 11.5 Å². The molecular formula is C19H28N2O5. The fourth-order valence-corrected chi connectivity index (χ4v) is 3.79. The van der Waals surface area contributed by atoms with Crippen LogP contribution in [-0.4, -0.2) is 86.6 Å². The molecule has 0 unspecified atom stereocenters. The van der Waals surface area contributed by atoms with E-state index in [-0.39, 0.29) is 12.6 Å². The molecule has 1 N–H and O–H groups in total. The number of hydrogen-bond donors (Lipinski definition) is 1. The Kier molecular flexibility index (Phi) is 6.34. The standard InChI is InChI=1S/C19H28N2O5/c1-14-3-4-17(18(7-14)24-2)26-6-5-21-9-15-8-20(11-19(22)23)10-16(21)13-25-12-15/h3-4,7,15-16H,5-6,8-13H2,1-2H3,(H,22,23)/t15-,16-/m0/s1. The number of rotatable bonds is 7. The zero-order valence-corrected chi connectivity index (χ0v) is 15.5. The minimum atomic E-state index is -0.771. The summed E-state index contributed by atoms with van der Waals surface area (Å²) in [6, 6.07) is 6.11. The van der Waals surface area contributed by atoms with Crippen LogP contribution < -0.4 is 9.47 Å². The van der Waals surface area contributed by atoms with Crippen molar-refractivity contribution in [3.05, 3.63) is 23.8 Å². The molecule has 0 spiro atoms. The third kappa shape index (κ3) is 4.87. The smallest absolute Gasteiger partial charge is 0.317 e. The SMILES string of the molecule is COc1cc(C)ccc1OCCN1C[C@H]2COC[C@@H]1CN(CC(=O)O)C2. The second-order valence-electron chi connectivity index (χ2n) is 7.14. The van der Waals surface area contributed by atoms with Crippen molar-refractivity contribution in [1.29, 1.82) is 0 Å². The van der Waals surface area contributed by atoms with Gasteiger partial charge in [-0.2, -0.15) is 0 Å². The van der Waals surface area contributed by atoms with Crippen LogP contribution in [-0.2, 0) is 9.53 Å². The average Bonchev–Trinajstić information content (AvgIpc) is 2.85. The highest BCUT2D eigenvalue weighted by atomic mass is 16.5. The van der Waals surface area contributed by atoms with Crippen molar-refractivity contribution in [3.63, 3.8) is 0 Å². The highest BCUT2D eigenvalue weighted by Crippen LogP contribution is 2.28. The molecule has 0 aliphatic carbocycles. The molecule has 2 fully saturated rings. The number of hydrogen-bond acceptors (Lipinski definition) is 6. The zero-order valence-electron chi connectivity index (χ0n) is 15.5. The second-order valence-corrected chi connectivity index (χ2v) is 7.14. The van der Waals surface area contributed by atoms with Gasteiger partial charge < -0.3 is 19.3 Å². The highest BCUT2D eigenvalue weighted by Gasteiger charge is 2.33. The molecule has 1 aromatic rings. The van der Waals surface area contributed by atoms with Crippen LogP contribution in [0.2, 0.25) is 0 Å². The normalized spacial score (nSPS) is 24.1. The number of ether oxygens (including phenoxy) is 3. The molecule has 0 aromatic heterocycles. The molecule has 2 bridgehead atoms. The predicted molar refractivity (Wildman–Crippen MR) is 97.0 cm³/mol. The number of methoxy groups -OCH3 is 1. The number of nitrogens with zero attached hydrogens (tertiary/aromatic N) is 2. The van der Waals surface area contributed by atoms with Crippen molar-refractivity contribution in [2.24, 2.45) is 5.92 Å². The van der Waals surface area contributed by atoms with Crippen molar-refractivity contribution < 1.29 is 24.1 Å². The molecule has 2 atom stereocenters. The van der Waals surface area contributed by atoms with Crippen LogP contribution in [0.15, 0.2) is 18.2 Å². The Balaban J connectivity index is 1.58. The molecular weight excluding hydrogens is 336 g/mol. The minimum absolute atomic E-state index is 0.0951. The molecule has 26 heavy (non-hydrogen) atoms. The number of carboxylic acid groups (broad SMARTS) is 1. The maximum absolute atomic E-state index is 11.1. The van der Waals surface area contributed by atoms with Gasteiger partial charge in [0.1, 0.15) is 6.61 Å². The van der Waals surface area contributed by atoms with E-state index in [1.54, 1.807) is 7.11 Å². The van der Waals surface area contributed by atoms with Crippen LogP contribution >= 0.6 is 0 Å². The lowest BCUT2D eigenvalue weighted by Gasteiger charge is -2.30. The Labute approximate surface area is 154 Å². The first-order chi connectivity index (χ1) is 12.5. The van der Waals surface area contributed by atoms with Gasteiger partial charge in [-0.05, 0) is 24.6 Å². The lowest BCUT2D eigenvalue weighted by Crippen LogP contribution is -2.46. The van der Waals surface area contributed by atoms with E-state index >= 15 is 0 Å². The molecule has 7 nitrogen and oxygen atoms in total. The Morgan fingerprint density at radius 3 is 2.88 bits per heavy atom. The second kappa shape index (κ2) is 8.70. The van der Waals surface area contributed by atoms with Gasteiger partial charge in [-0.3, -0.25) is 14.6 Å². The third-order valence-electron chi connectivity index (χ3n) is 4.97. The van der Waals surface area contributed by atoms with Gasteiger partial charge in [0, 0.05) is 38.1 Å². The number of carbonyl (C=O) groups is 1. The summed E-state index contributed by atoms with van der Waals surface area (Å²) in [6.45, 7) is 7.18. The summed E-state index contributed by atoms with van der Waals surface area (Å²) in [5.41, 5.74) is 1.13. The molecule has 0 saturated carbocycles. The molecule has 2 aliphatic heterocycles. The summed E-state index contributed by atoms with van der Waals surface area (Å²) in [5.74, 6) is 1.05. The van der Waals surface area contributed by atoms with Crippen LogP contribution in [0, 0.1) is 12.8 Å². The Morgan fingerprint density at radius 1 is 1.27 bits per heavy atom. The third-order valence-corrected chi connectivity index (χ3v) is 4.97. The summed E-state index contributed by atoms with van der Waals surface area (Å²) in [5, 5.41) is 9.10. The van der Waals surface area contributed by atoms with E-state index in [1.807, 2.05) is 30.0 Å². The number of carboxylic acids is 1. The van der Waals surface area contributed by atoms with Gasteiger partial charge >= 0.3 is 5.97 Å². The van der Waals surface area contributed by atoms with Gasteiger partial charge in [0.2, 0.25) is 0 Å². The zero-order chi connectivity index (χ0) is 18.5. The lowest BCUT2D eigenvalue weighted by molar-refractivity contribution is -0.138. The minimum Gasteiger partial charge on any atom is -0.493 e. The lowest BCUT2D eigenvalue weighted by atomic mass is 10.1. The van der Waals surface area contributed by atoms with Crippen molar-refractivity contribution >= 4 is 5.97 Å².